The predicted molar refractivity (Wildman–Crippen MR) is 106 cm³/mol. The lowest BCUT2D eigenvalue weighted by Crippen LogP contribution is -2.31. The highest BCUT2D eigenvalue weighted by Gasteiger charge is 2.25. The van der Waals surface area contributed by atoms with Crippen molar-refractivity contribution in [3.63, 3.8) is 0 Å². The Morgan fingerprint density at radius 1 is 1.38 bits per heavy atom. The lowest BCUT2D eigenvalue weighted by Gasteiger charge is -2.19. The Morgan fingerprint density at radius 3 is 2.81 bits per heavy atom. The molecule has 0 spiro atoms. The number of carbonyl (C=O) groups excluding carboxylic acids is 1. The van der Waals surface area contributed by atoms with Gasteiger partial charge in [-0.05, 0) is 31.9 Å². The quantitative estimate of drug-likeness (QED) is 0.579. The summed E-state index contributed by atoms with van der Waals surface area (Å²) in [5, 5.41) is 12.5. The highest BCUT2D eigenvalue weighted by molar-refractivity contribution is 8.00. The molecule has 1 aliphatic heterocycles. The molecule has 1 unspecified atom stereocenters. The second kappa shape index (κ2) is 8.60. The van der Waals surface area contributed by atoms with E-state index in [1.54, 1.807) is 6.08 Å². The number of thioether (sulfide) groups is 1. The molecule has 1 atom stereocenters. The van der Waals surface area contributed by atoms with Crippen LogP contribution in [0.25, 0.3) is 5.69 Å². The third kappa shape index (κ3) is 4.04. The van der Waals surface area contributed by atoms with E-state index >= 15 is 0 Å². The van der Waals surface area contributed by atoms with Crippen molar-refractivity contribution in [2.75, 3.05) is 24.5 Å². The van der Waals surface area contributed by atoms with Crippen LogP contribution in [0.4, 0.5) is 5.95 Å². The van der Waals surface area contributed by atoms with Crippen molar-refractivity contribution in [3.8, 4) is 5.69 Å². The number of nitrogens with one attached hydrogen (secondary N) is 1. The molecular formula is C18H22ClN5OS. The first-order valence-corrected chi connectivity index (χ1v) is 9.88. The summed E-state index contributed by atoms with van der Waals surface area (Å²) in [7, 11) is 0. The Hall–Kier alpha value is -1.99. The molecule has 8 heteroatoms. The van der Waals surface area contributed by atoms with Crippen molar-refractivity contribution < 1.29 is 4.79 Å². The topological polar surface area (TPSA) is 63.1 Å². The first kappa shape index (κ1) is 18.8. The van der Waals surface area contributed by atoms with Crippen LogP contribution in [0, 0.1) is 0 Å². The summed E-state index contributed by atoms with van der Waals surface area (Å²) in [4.78, 5) is 14.4. The summed E-state index contributed by atoms with van der Waals surface area (Å²) in [5.41, 5.74) is 0.822. The van der Waals surface area contributed by atoms with Crippen LogP contribution in [-0.2, 0) is 4.79 Å². The van der Waals surface area contributed by atoms with E-state index in [1.165, 1.54) is 11.8 Å². The Morgan fingerprint density at radius 2 is 2.12 bits per heavy atom. The lowest BCUT2D eigenvalue weighted by atomic mass is 10.3. The van der Waals surface area contributed by atoms with E-state index in [4.69, 9.17) is 11.6 Å². The van der Waals surface area contributed by atoms with Crippen LogP contribution < -0.4 is 10.2 Å². The summed E-state index contributed by atoms with van der Waals surface area (Å²) in [6.45, 7) is 7.81. The van der Waals surface area contributed by atoms with E-state index < -0.39 is 0 Å². The molecule has 2 aromatic rings. The first-order valence-electron chi connectivity index (χ1n) is 8.62. The van der Waals surface area contributed by atoms with Gasteiger partial charge in [-0.3, -0.25) is 9.36 Å². The smallest absolute Gasteiger partial charge is 0.233 e. The molecule has 1 amide bonds. The largest absolute Gasteiger partial charge is 0.352 e. The van der Waals surface area contributed by atoms with Gasteiger partial charge in [-0.1, -0.05) is 41.6 Å². The summed E-state index contributed by atoms with van der Waals surface area (Å²) in [6, 6.07) is 7.62. The van der Waals surface area contributed by atoms with Gasteiger partial charge in [0.1, 0.15) is 0 Å². The Balaban J connectivity index is 1.94. The summed E-state index contributed by atoms with van der Waals surface area (Å²) >= 11 is 7.81. The van der Waals surface area contributed by atoms with Crippen LogP contribution in [0.2, 0.25) is 5.02 Å². The monoisotopic (exact) mass is 391 g/mol. The summed E-state index contributed by atoms with van der Waals surface area (Å²) in [6.07, 6.45) is 3.93. The molecule has 0 bridgehead atoms. The number of para-hydroxylation sites is 1. The third-order valence-corrected chi connectivity index (χ3v) is 5.53. The number of hydrogen-bond acceptors (Lipinski definition) is 5. The van der Waals surface area contributed by atoms with Crippen LogP contribution in [-0.4, -0.2) is 45.6 Å². The SMILES string of the molecule is C=CCNC(=O)C(C)Sc1nnc(N2CCCC2)n1-c1ccccc1Cl. The molecule has 0 radical (unpaired) electrons. The molecule has 138 valence electrons. The number of amides is 1. The number of anilines is 1. The number of nitrogens with zero attached hydrogens (tertiary/aromatic N) is 4. The van der Waals surface area contributed by atoms with E-state index in [0.717, 1.165) is 37.6 Å². The van der Waals surface area contributed by atoms with Gasteiger partial charge in [0.15, 0.2) is 5.16 Å². The Kier molecular flexibility index (Phi) is 6.21. The molecular weight excluding hydrogens is 370 g/mol. The summed E-state index contributed by atoms with van der Waals surface area (Å²) < 4.78 is 1.95. The lowest BCUT2D eigenvalue weighted by molar-refractivity contribution is -0.120. The van der Waals surface area contributed by atoms with Crippen LogP contribution in [0.1, 0.15) is 19.8 Å². The van der Waals surface area contributed by atoms with E-state index in [0.29, 0.717) is 16.7 Å². The van der Waals surface area contributed by atoms with Gasteiger partial charge in [-0.25, -0.2) is 0 Å². The van der Waals surface area contributed by atoms with E-state index in [-0.39, 0.29) is 11.2 Å². The van der Waals surface area contributed by atoms with Crippen LogP contribution >= 0.6 is 23.4 Å². The molecule has 1 saturated heterocycles. The van der Waals surface area contributed by atoms with Crippen molar-refractivity contribution in [1.82, 2.24) is 20.1 Å². The molecule has 1 fully saturated rings. The Labute approximate surface area is 162 Å². The van der Waals surface area contributed by atoms with Crippen molar-refractivity contribution >= 4 is 35.2 Å². The second-order valence-electron chi connectivity index (χ2n) is 6.06. The number of carbonyl (C=O) groups is 1. The fourth-order valence-electron chi connectivity index (χ4n) is 2.83. The second-order valence-corrected chi connectivity index (χ2v) is 7.77. The molecule has 26 heavy (non-hydrogen) atoms. The fraction of sp³-hybridized carbons (Fsp3) is 0.389. The van der Waals surface area contributed by atoms with Gasteiger partial charge in [0, 0.05) is 19.6 Å². The maximum atomic E-state index is 12.2. The average molecular weight is 392 g/mol. The maximum absolute atomic E-state index is 12.2. The molecule has 3 rings (SSSR count). The van der Waals surface area contributed by atoms with Gasteiger partial charge in [-0.2, -0.15) is 0 Å². The van der Waals surface area contributed by atoms with Gasteiger partial charge in [0.25, 0.3) is 0 Å². The molecule has 0 saturated carbocycles. The molecule has 1 N–H and O–H groups in total. The standard InChI is InChI=1S/C18H22ClN5OS/c1-3-10-20-16(25)13(2)26-18-22-21-17(23-11-6-7-12-23)24(18)15-9-5-4-8-14(15)19/h3-5,8-9,13H,1,6-7,10-12H2,2H3,(H,20,25). The minimum atomic E-state index is -0.313. The van der Waals surface area contributed by atoms with E-state index in [1.807, 2.05) is 35.8 Å². The summed E-state index contributed by atoms with van der Waals surface area (Å²) in [5.74, 6) is 0.711. The first-order chi connectivity index (χ1) is 12.6. The highest BCUT2D eigenvalue weighted by Crippen LogP contribution is 2.33. The average Bonchev–Trinajstić information content (AvgIpc) is 3.29. The number of benzene rings is 1. The fourth-order valence-corrected chi connectivity index (χ4v) is 3.93. The van der Waals surface area contributed by atoms with Crippen molar-refractivity contribution in [3.05, 3.63) is 41.9 Å². The van der Waals surface area contributed by atoms with E-state index in [2.05, 4.69) is 27.0 Å². The zero-order valence-electron chi connectivity index (χ0n) is 14.7. The van der Waals surface area contributed by atoms with Crippen LogP contribution in [0.3, 0.4) is 0 Å². The highest BCUT2D eigenvalue weighted by atomic mass is 35.5. The van der Waals surface area contributed by atoms with Crippen molar-refractivity contribution in [2.24, 2.45) is 0 Å². The molecule has 1 aromatic carbocycles. The van der Waals surface area contributed by atoms with Crippen LogP contribution in [0.15, 0.2) is 42.1 Å². The zero-order chi connectivity index (χ0) is 18.5. The number of aromatic nitrogens is 3. The Bertz CT molecular complexity index is 788. The molecule has 0 aliphatic carbocycles. The molecule has 6 nitrogen and oxygen atoms in total. The van der Waals surface area contributed by atoms with Gasteiger partial charge in [-0.15, -0.1) is 16.8 Å². The van der Waals surface area contributed by atoms with Gasteiger partial charge in [0.05, 0.1) is 16.0 Å². The molecule has 2 heterocycles. The van der Waals surface area contributed by atoms with Gasteiger partial charge >= 0.3 is 0 Å². The molecule has 1 aromatic heterocycles. The zero-order valence-corrected chi connectivity index (χ0v) is 16.3. The predicted octanol–water partition coefficient (Wildman–Crippen LogP) is 3.30. The van der Waals surface area contributed by atoms with Crippen molar-refractivity contribution in [2.45, 2.75) is 30.2 Å². The third-order valence-electron chi connectivity index (χ3n) is 4.17. The maximum Gasteiger partial charge on any atom is 0.233 e. The van der Waals surface area contributed by atoms with E-state index in [9.17, 15) is 4.79 Å². The minimum Gasteiger partial charge on any atom is -0.352 e. The normalized spacial score (nSPS) is 15.1. The van der Waals surface area contributed by atoms with Gasteiger partial charge < -0.3 is 10.2 Å². The van der Waals surface area contributed by atoms with Gasteiger partial charge in [0.2, 0.25) is 11.9 Å². The number of rotatable bonds is 7. The minimum absolute atomic E-state index is 0.0636. The molecule has 1 aliphatic rings. The van der Waals surface area contributed by atoms with Crippen molar-refractivity contribution in [1.29, 1.82) is 0 Å². The van der Waals surface area contributed by atoms with Crippen LogP contribution in [0.5, 0.6) is 0 Å². The number of hydrogen-bond donors (Lipinski definition) is 1. The number of halogens is 1.